The second-order valence-electron chi connectivity index (χ2n) is 7.78. The summed E-state index contributed by atoms with van der Waals surface area (Å²) in [4.78, 5) is 12.3. The van der Waals surface area contributed by atoms with Crippen molar-refractivity contribution in [3.8, 4) is 0 Å². The van der Waals surface area contributed by atoms with Gasteiger partial charge >= 0.3 is 5.69 Å². The highest BCUT2D eigenvalue weighted by Crippen LogP contribution is 2.37. The Morgan fingerprint density at radius 1 is 1.15 bits per heavy atom. The maximum absolute atomic E-state index is 12.8. The van der Waals surface area contributed by atoms with Gasteiger partial charge in [-0.25, -0.2) is 22.2 Å². The molecule has 0 radical (unpaired) electrons. The summed E-state index contributed by atoms with van der Waals surface area (Å²) < 4.78 is 30.4. The quantitative estimate of drug-likeness (QED) is 0.782. The van der Waals surface area contributed by atoms with E-state index in [1.54, 1.807) is 11.4 Å². The van der Waals surface area contributed by atoms with Crippen molar-refractivity contribution in [2.75, 3.05) is 13.1 Å². The molecule has 1 aliphatic carbocycles. The largest absolute Gasteiger partial charge is 0.345 e. The van der Waals surface area contributed by atoms with Crippen LogP contribution in [0, 0.1) is 6.92 Å². The van der Waals surface area contributed by atoms with Crippen LogP contribution >= 0.6 is 0 Å². The van der Waals surface area contributed by atoms with Gasteiger partial charge in [0.25, 0.3) is 0 Å². The summed E-state index contributed by atoms with van der Waals surface area (Å²) in [5.41, 5.74) is 1.83. The van der Waals surface area contributed by atoms with Crippen LogP contribution in [0.2, 0.25) is 0 Å². The fourth-order valence-electron chi connectivity index (χ4n) is 3.95. The van der Waals surface area contributed by atoms with Crippen molar-refractivity contribution in [1.29, 1.82) is 0 Å². The number of aromatic nitrogens is 3. The maximum Gasteiger partial charge on any atom is 0.345 e. The highest BCUT2D eigenvalue weighted by atomic mass is 32.2. The second-order valence-corrected chi connectivity index (χ2v) is 9.75. The van der Waals surface area contributed by atoms with Crippen LogP contribution in [-0.2, 0) is 22.8 Å². The Hall–Kier alpha value is -1.93. The molecule has 2 heterocycles. The van der Waals surface area contributed by atoms with Gasteiger partial charge in [0, 0.05) is 32.1 Å². The Balaban J connectivity index is 1.46. The van der Waals surface area contributed by atoms with Gasteiger partial charge in [0.2, 0.25) is 10.0 Å². The Kier molecular flexibility index (Phi) is 4.71. The van der Waals surface area contributed by atoms with Crippen LogP contribution in [0.3, 0.4) is 0 Å². The predicted octanol–water partition coefficient (Wildman–Crippen LogP) is 1.93. The molecule has 1 saturated carbocycles. The van der Waals surface area contributed by atoms with E-state index in [0.29, 0.717) is 25.9 Å². The molecule has 2 aromatic rings. The number of nitrogens with zero attached hydrogens (tertiary/aromatic N) is 4. The monoisotopic (exact) mass is 390 g/mol. The van der Waals surface area contributed by atoms with Gasteiger partial charge in [-0.15, -0.1) is 0 Å². The zero-order valence-corrected chi connectivity index (χ0v) is 16.7. The third-order valence-electron chi connectivity index (χ3n) is 5.54. The molecule has 146 valence electrons. The fraction of sp³-hybridized carbons (Fsp3) is 0.579. The average Bonchev–Trinajstić information content (AvgIpc) is 3.41. The lowest BCUT2D eigenvalue weighted by Crippen LogP contribution is -2.39. The van der Waals surface area contributed by atoms with Crippen molar-refractivity contribution in [2.24, 2.45) is 7.05 Å². The van der Waals surface area contributed by atoms with Gasteiger partial charge in [0.05, 0.1) is 5.75 Å². The summed E-state index contributed by atoms with van der Waals surface area (Å²) in [5.74, 6) is 1.01. The molecular weight excluding hydrogens is 364 g/mol. The van der Waals surface area contributed by atoms with E-state index in [4.69, 9.17) is 0 Å². The van der Waals surface area contributed by atoms with Gasteiger partial charge in [-0.05, 0) is 38.2 Å². The Morgan fingerprint density at radius 2 is 1.85 bits per heavy atom. The molecule has 1 aliphatic heterocycles. The molecule has 1 saturated heterocycles. The highest BCUT2D eigenvalue weighted by Gasteiger charge is 2.35. The molecular formula is C19H26N4O3S. The van der Waals surface area contributed by atoms with E-state index in [-0.39, 0.29) is 23.4 Å². The summed E-state index contributed by atoms with van der Waals surface area (Å²) in [6.45, 7) is 2.93. The SMILES string of the molecule is Cc1cccc(CS(=O)(=O)N2CCC(c3nn(C)c(=O)n3C3CC3)CC2)c1. The first-order valence-corrected chi connectivity index (χ1v) is 11.1. The van der Waals surface area contributed by atoms with E-state index in [1.807, 2.05) is 35.8 Å². The van der Waals surface area contributed by atoms with Gasteiger partial charge in [0.1, 0.15) is 5.82 Å². The van der Waals surface area contributed by atoms with Gasteiger partial charge < -0.3 is 0 Å². The van der Waals surface area contributed by atoms with Crippen molar-refractivity contribution >= 4 is 10.0 Å². The minimum atomic E-state index is -3.34. The summed E-state index contributed by atoms with van der Waals surface area (Å²) in [5, 5.41) is 4.46. The van der Waals surface area contributed by atoms with Crippen molar-refractivity contribution < 1.29 is 8.42 Å². The number of hydrogen-bond donors (Lipinski definition) is 0. The molecule has 0 bridgehead atoms. The number of sulfonamides is 1. The smallest absolute Gasteiger partial charge is 0.276 e. The van der Waals surface area contributed by atoms with Crippen LogP contribution in [0.15, 0.2) is 29.1 Å². The van der Waals surface area contributed by atoms with E-state index in [9.17, 15) is 13.2 Å². The number of piperidine rings is 1. The van der Waals surface area contributed by atoms with Crippen LogP contribution in [0.5, 0.6) is 0 Å². The third-order valence-corrected chi connectivity index (χ3v) is 7.39. The molecule has 0 N–H and O–H groups in total. The van der Waals surface area contributed by atoms with Crippen molar-refractivity contribution in [3.63, 3.8) is 0 Å². The normalized spacial score (nSPS) is 19.5. The molecule has 0 atom stereocenters. The number of rotatable bonds is 5. The molecule has 2 fully saturated rings. The van der Waals surface area contributed by atoms with Crippen LogP contribution in [0.25, 0.3) is 0 Å². The predicted molar refractivity (Wildman–Crippen MR) is 103 cm³/mol. The first-order chi connectivity index (χ1) is 12.8. The van der Waals surface area contributed by atoms with Gasteiger partial charge in [-0.3, -0.25) is 4.57 Å². The molecule has 0 amide bonds. The topological polar surface area (TPSA) is 77.2 Å². The summed E-state index contributed by atoms with van der Waals surface area (Å²) in [6.07, 6.45) is 3.47. The molecule has 4 rings (SSSR count). The molecule has 1 aromatic carbocycles. The third kappa shape index (κ3) is 3.73. The molecule has 7 nitrogen and oxygen atoms in total. The Bertz CT molecular complexity index is 996. The van der Waals surface area contributed by atoms with Crippen molar-refractivity contribution in [2.45, 2.75) is 50.3 Å². The van der Waals surface area contributed by atoms with E-state index in [2.05, 4.69) is 5.10 Å². The minimum Gasteiger partial charge on any atom is -0.276 e. The molecule has 1 aromatic heterocycles. The lowest BCUT2D eigenvalue weighted by Gasteiger charge is -2.31. The standard InChI is InChI=1S/C19H26N4O3S/c1-14-4-3-5-15(12-14)13-27(25,26)22-10-8-16(9-11-22)18-20-21(2)19(24)23(18)17-6-7-17/h3-5,12,16-17H,6-11,13H2,1-2H3. The number of aryl methyl sites for hydroxylation is 2. The molecule has 8 heteroatoms. The lowest BCUT2D eigenvalue weighted by molar-refractivity contribution is 0.308. The van der Waals surface area contributed by atoms with Crippen molar-refractivity contribution in [1.82, 2.24) is 18.7 Å². The van der Waals surface area contributed by atoms with Crippen LogP contribution < -0.4 is 5.69 Å². The average molecular weight is 391 g/mol. The van der Waals surface area contributed by atoms with Crippen molar-refractivity contribution in [3.05, 3.63) is 51.7 Å². The van der Waals surface area contributed by atoms with Crippen LogP contribution in [0.4, 0.5) is 0 Å². The van der Waals surface area contributed by atoms with Gasteiger partial charge in [-0.2, -0.15) is 5.10 Å². The maximum atomic E-state index is 12.8. The van der Waals surface area contributed by atoms with E-state index < -0.39 is 10.0 Å². The fourth-order valence-corrected chi connectivity index (χ4v) is 5.50. The Morgan fingerprint density at radius 3 is 2.48 bits per heavy atom. The summed E-state index contributed by atoms with van der Waals surface area (Å²) >= 11 is 0. The molecule has 2 aliphatic rings. The lowest BCUT2D eigenvalue weighted by atomic mass is 9.97. The summed E-state index contributed by atoms with van der Waals surface area (Å²) in [6, 6.07) is 7.93. The highest BCUT2D eigenvalue weighted by molar-refractivity contribution is 7.88. The number of benzene rings is 1. The molecule has 27 heavy (non-hydrogen) atoms. The van der Waals surface area contributed by atoms with Crippen LogP contribution in [0.1, 0.15) is 54.6 Å². The minimum absolute atomic E-state index is 0.0374. The summed E-state index contributed by atoms with van der Waals surface area (Å²) in [7, 11) is -1.65. The first-order valence-electron chi connectivity index (χ1n) is 9.54. The van der Waals surface area contributed by atoms with E-state index >= 15 is 0 Å². The van der Waals surface area contributed by atoms with Crippen LogP contribution in [-0.4, -0.2) is 40.2 Å². The van der Waals surface area contributed by atoms with Gasteiger partial charge in [-0.1, -0.05) is 29.8 Å². The zero-order valence-electron chi connectivity index (χ0n) is 15.8. The van der Waals surface area contributed by atoms with E-state index in [1.165, 1.54) is 4.68 Å². The number of hydrogen-bond acceptors (Lipinski definition) is 4. The molecule has 0 spiro atoms. The second kappa shape index (κ2) is 6.91. The van der Waals surface area contributed by atoms with Gasteiger partial charge in [0.15, 0.2) is 0 Å². The first kappa shape index (κ1) is 18.4. The zero-order chi connectivity index (χ0) is 19.2. The van der Waals surface area contributed by atoms with E-state index in [0.717, 1.165) is 29.8 Å². The Labute approximate surface area is 159 Å². The molecule has 0 unspecified atom stereocenters.